The number of benzene rings is 4. The smallest absolute Gasteiger partial charge is 0.233 e. The van der Waals surface area contributed by atoms with Crippen LogP contribution < -0.4 is 9.64 Å². The van der Waals surface area contributed by atoms with Gasteiger partial charge in [0.2, 0.25) is 5.91 Å². The number of amides is 1. The van der Waals surface area contributed by atoms with Crippen molar-refractivity contribution in [3.63, 3.8) is 0 Å². The number of ether oxygens (including phenoxy) is 2. The topological polar surface area (TPSA) is 140 Å². The van der Waals surface area contributed by atoms with E-state index in [0.717, 1.165) is 16.7 Å². The molecule has 6 rings (SSSR count). The Morgan fingerprint density at radius 3 is 2.13 bits per heavy atom. The fourth-order valence-electron chi connectivity index (χ4n) is 6.18. The van der Waals surface area contributed by atoms with Crippen molar-refractivity contribution in [2.45, 2.75) is 55.7 Å². The maximum Gasteiger partial charge on any atom is 0.233 e. The summed E-state index contributed by atoms with van der Waals surface area (Å²) in [6.07, 6.45) is -7.57. The molecular weight excluding hydrogens is 612 g/mol. The highest BCUT2D eigenvalue weighted by Crippen LogP contribution is 2.46. The third-order valence-electron chi connectivity index (χ3n) is 8.85. The first kappa shape index (κ1) is 32.7. The zero-order valence-electron chi connectivity index (χ0n) is 25.1. The second-order valence-electron chi connectivity index (χ2n) is 11.9. The largest absolute Gasteiger partial charge is 0.491 e. The maximum atomic E-state index is 13.7. The summed E-state index contributed by atoms with van der Waals surface area (Å²) in [5.74, 6) is -0.935. The van der Waals surface area contributed by atoms with Crippen molar-refractivity contribution in [2.24, 2.45) is 5.92 Å². The predicted molar refractivity (Wildman–Crippen MR) is 167 cm³/mol. The van der Waals surface area contributed by atoms with Gasteiger partial charge in [0.1, 0.15) is 48.4 Å². The Balaban J connectivity index is 1.17. The standard InChI is InChI=1S/C36H35F2NO8/c37-24-10-8-21(9-11-24)29(40)17-16-28-31(39(35(28)44)26-14-12-25(38)13-15-26)22-6-4-20(5-7-22)23-2-1-3-27(18-23)46-19-30-32(41)33(42)34(43)36(45)47-30/h1-15,18,28-34,36,40-43,45H,16-17,19H2/t28-,29?,30-,31-,32-,33+,34-,36+/m1/s1. The van der Waals surface area contributed by atoms with Gasteiger partial charge < -0.3 is 39.9 Å². The van der Waals surface area contributed by atoms with E-state index >= 15 is 0 Å². The molecule has 5 N–H and O–H groups in total. The number of hydrogen-bond donors (Lipinski definition) is 5. The minimum Gasteiger partial charge on any atom is -0.491 e. The van der Waals surface area contributed by atoms with E-state index in [4.69, 9.17) is 9.47 Å². The number of carbonyl (C=O) groups is 1. The zero-order chi connectivity index (χ0) is 33.2. The van der Waals surface area contributed by atoms with Gasteiger partial charge in [0.15, 0.2) is 6.29 Å². The van der Waals surface area contributed by atoms with Gasteiger partial charge in [-0.2, -0.15) is 0 Å². The normalized spacial score (nSPS) is 26.5. The predicted octanol–water partition coefficient (Wildman–Crippen LogP) is 4.03. The van der Waals surface area contributed by atoms with Crippen LogP contribution >= 0.6 is 0 Å². The van der Waals surface area contributed by atoms with Crippen LogP contribution in [0.5, 0.6) is 5.75 Å². The number of carbonyl (C=O) groups excluding carboxylic acids is 1. The molecule has 2 aliphatic rings. The van der Waals surface area contributed by atoms with Crippen LogP contribution in [0, 0.1) is 17.6 Å². The van der Waals surface area contributed by atoms with Crippen LogP contribution in [-0.4, -0.2) is 68.8 Å². The van der Waals surface area contributed by atoms with Gasteiger partial charge in [-0.1, -0.05) is 48.5 Å². The minimum atomic E-state index is -1.66. The quantitative estimate of drug-likeness (QED) is 0.163. The molecule has 47 heavy (non-hydrogen) atoms. The van der Waals surface area contributed by atoms with E-state index in [0.29, 0.717) is 29.8 Å². The SMILES string of the molecule is O=C1[C@H](CCC(O)c2ccc(F)cc2)[C@@H](c2ccc(-c3cccc(OC[C@H]4O[C@H](O)[C@H](O)[C@@H](O)[C@@H]4O)c3)cc2)N1c1ccc(F)cc1. The molecule has 0 spiro atoms. The van der Waals surface area contributed by atoms with Gasteiger partial charge in [-0.05, 0) is 83.6 Å². The summed E-state index contributed by atoms with van der Waals surface area (Å²) >= 11 is 0. The van der Waals surface area contributed by atoms with Crippen LogP contribution in [0.2, 0.25) is 0 Å². The van der Waals surface area contributed by atoms with Crippen LogP contribution in [0.25, 0.3) is 11.1 Å². The number of nitrogens with zero attached hydrogens (tertiary/aromatic N) is 1. The Bertz CT molecular complexity index is 1670. The van der Waals surface area contributed by atoms with E-state index in [1.54, 1.807) is 35.2 Å². The van der Waals surface area contributed by atoms with Crippen molar-refractivity contribution in [1.29, 1.82) is 0 Å². The minimum absolute atomic E-state index is 0.136. The molecule has 246 valence electrons. The van der Waals surface area contributed by atoms with Gasteiger partial charge in [-0.3, -0.25) is 4.79 Å². The van der Waals surface area contributed by atoms with Gasteiger partial charge in [0.05, 0.1) is 18.1 Å². The molecule has 0 saturated carbocycles. The molecule has 0 bridgehead atoms. The Labute approximate surface area is 269 Å². The van der Waals surface area contributed by atoms with Crippen LogP contribution in [0.4, 0.5) is 14.5 Å². The number of halogens is 2. The summed E-state index contributed by atoms with van der Waals surface area (Å²) in [5.41, 5.74) is 3.65. The van der Waals surface area contributed by atoms with Gasteiger partial charge >= 0.3 is 0 Å². The molecule has 0 aliphatic carbocycles. The highest BCUT2D eigenvalue weighted by Gasteiger charge is 2.48. The van der Waals surface area contributed by atoms with E-state index in [1.165, 1.54) is 36.4 Å². The van der Waals surface area contributed by atoms with Crippen LogP contribution in [0.3, 0.4) is 0 Å². The third kappa shape index (κ3) is 6.91. The molecule has 2 aliphatic heterocycles. The van der Waals surface area contributed by atoms with Crippen molar-refractivity contribution in [1.82, 2.24) is 0 Å². The number of anilines is 1. The zero-order valence-corrected chi connectivity index (χ0v) is 25.1. The van der Waals surface area contributed by atoms with Crippen LogP contribution in [0.15, 0.2) is 97.1 Å². The lowest BCUT2D eigenvalue weighted by Crippen LogP contribution is -2.58. The van der Waals surface area contributed by atoms with Crippen LogP contribution in [-0.2, 0) is 9.53 Å². The molecule has 0 aromatic heterocycles. The molecule has 4 aromatic carbocycles. The third-order valence-corrected chi connectivity index (χ3v) is 8.85. The van der Waals surface area contributed by atoms with Crippen LogP contribution in [0.1, 0.15) is 36.1 Å². The lowest BCUT2D eigenvalue weighted by molar-refractivity contribution is -0.285. The molecule has 9 nitrogen and oxygen atoms in total. The van der Waals surface area contributed by atoms with Crippen molar-refractivity contribution >= 4 is 11.6 Å². The van der Waals surface area contributed by atoms with E-state index in [-0.39, 0.29) is 18.6 Å². The first-order valence-corrected chi connectivity index (χ1v) is 15.3. The number of aliphatic hydroxyl groups excluding tert-OH is 5. The summed E-state index contributed by atoms with van der Waals surface area (Å²) in [4.78, 5) is 15.1. The number of β-lactam (4-membered cyclic amide) rings is 1. The molecule has 11 heteroatoms. The Morgan fingerprint density at radius 1 is 0.787 bits per heavy atom. The molecular formula is C36H35F2NO8. The van der Waals surface area contributed by atoms with E-state index in [1.807, 2.05) is 30.3 Å². The van der Waals surface area contributed by atoms with Gasteiger partial charge in [0.25, 0.3) is 0 Å². The second-order valence-corrected chi connectivity index (χ2v) is 11.9. The monoisotopic (exact) mass is 647 g/mol. The summed E-state index contributed by atoms with van der Waals surface area (Å²) in [7, 11) is 0. The fourth-order valence-corrected chi connectivity index (χ4v) is 6.18. The molecule has 2 fully saturated rings. The average Bonchev–Trinajstić information content (AvgIpc) is 3.08. The highest BCUT2D eigenvalue weighted by atomic mass is 19.1. The summed E-state index contributed by atoms with van der Waals surface area (Å²) in [5, 5.41) is 50.3. The Morgan fingerprint density at radius 2 is 1.45 bits per heavy atom. The van der Waals surface area contributed by atoms with Gasteiger partial charge in [-0.15, -0.1) is 0 Å². The summed E-state index contributed by atoms with van der Waals surface area (Å²) < 4.78 is 38.0. The first-order valence-electron chi connectivity index (χ1n) is 15.3. The molecule has 0 radical (unpaired) electrons. The van der Waals surface area contributed by atoms with Crippen molar-refractivity contribution in [3.05, 3.63) is 120 Å². The maximum absolute atomic E-state index is 13.7. The summed E-state index contributed by atoms with van der Waals surface area (Å²) in [6.45, 7) is -0.184. The molecule has 8 atom stereocenters. The first-order chi connectivity index (χ1) is 22.6. The lowest BCUT2D eigenvalue weighted by atomic mass is 9.78. The Kier molecular flexibility index (Phi) is 9.65. The molecule has 4 aromatic rings. The number of aliphatic hydroxyl groups is 5. The number of hydrogen-bond acceptors (Lipinski definition) is 8. The molecule has 2 heterocycles. The van der Waals surface area contributed by atoms with Gasteiger partial charge in [-0.25, -0.2) is 8.78 Å². The highest BCUT2D eigenvalue weighted by molar-refractivity contribution is 6.03. The average molecular weight is 648 g/mol. The molecule has 1 unspecified atom stereocenters. The van der Waals surface area contributed by atoms with E-state index in [2.05, 4.69) is 0 Å². The van der Waals surface area contributed by atoms with Gasteiger partial charge in [0, 0.05) is 5.69 Å². The fraction of sp³-hybridized carbons (Fsp3) is 0.306. The molecule has 1 amide bonds. The molecule has 2 saturated heterocycles. The van der Waals surface area contributed by atoms with Crippen molar-refractivity contribution < 1.29 is 48.6 Å². The van der Waals surface area contributed by atoms with E-state index < -0.39 is 54.4 Å². The number of rotatable bonds is 10. The lowest BCUT2D eigenvalue weighted by Gasteiger charge is -2.48. The van der Waals surface area contributed by atoms with Crippen molar-refractivity contribution in [2.75, 3.05) is 11.5 Å². The van der Waals surface area contributed by atoms with E-state index in [9.17, 15) is 39.1 Å². The summed E-state index contributed by atoms with van der Waals surface area (Å²) in [6, 6.07) is 25.8. The second kappa shape index (κ2) is 13.9. The Hall–Kier alpha value is -4.23. The van der Waals surface area contributed by atoms with Crippen molar-refractivity contribution in [3.8, 4) is 16.9 Å².